The van der Waals surface area contributed by atoms with Crippen LogP contribution in [0.25, 0.3) is 0 Å². The highest BCUT2D eigenvalue weighted by molar-refractivity contribution is 9.09. The van der Waals surface area contributed by atoms with E-state index in [0.717, 1.165) is 31.2 Å². The first kappa shape index (κ1) is 25.8. The highest BCUT2D eigenvalue weighted by atomic mass is 79.9. The van der Waals surface area contributed by atoms with E-state index in [9.17, 15) is 14.4 Å². The summed E-state index contributed by atoms with van der Waals surface area (Å²) in [5.41, 5.74) is 1.40. The van der Waals surface area contributed by atoms with Crippen molar-refractivity contribution in [2.75, 3.05) is 25.5 Å². The number of aliphatic hydroxyl groups is 1. The average Bonchev–Trinajstić information content (AvgIpc) is 3.39. The molecule has 3 amide bonds. The van der Waals surface area contributed by atoms with Crippen LogP contribution in [-0.4, -0.2) is 68.8 Å². The normalized spacial score (nSPS) is 31.6. The quantitative estimate of drug-likeness (QED) is 0.311. The Labute approximate surface area is 217 Å². The van der Waals surface area contributed by atoms with E-state index in [2.05, 4.69) is 26.6 Å². The first-order chi connectivity index (χ1) is 16.3. The molecule has 186 valence electrons. The van der Waals surface area contributed by atoms with Crippen molar-refractivity contribution in [1.82, 2.24) is 10.2 Å². The number of unbranched alkanes of at least 4 members (excludes halogenated alkanes) is 3. The maximum Gasteiger partial charge on any atom is 0.248 e. The molecular formula is C24H31BrClN3O4S. The number of halogens is 2. The van der Waals surface area contributed by atoms with Gasteiger partial charge >= 0.3 is 0 Å². The summed E-state index contributed by atoms with van der Waals surface area (Å²) in [6.45, 7) is 2.47. The lowest BCUT2D eigenvalue weighted by molar-refractivity contribution is -0.139. The zero-order chi connectivity index (χ0) is 24.6. The number of thioether (sulfide) groups is 1. The average molecular weight is 573 g/mol. The largest absolute Gasteiger partial charge is 0.396 e. The van der Waals surface area contributed by atoms with E-state index in [-0.39, 0.29) is 34.4 Å². The van der Waals surface area contributed by atoms with Crippen molar-refractivity contribution >= 4 is 62.7 Å². The van der Waals surface area contributed by atoms with Crippen LogP contribution in [0.2, 0.25) is 5.02 Å². The number of anilines is 1. The lowest BCUT2D eigenvalue weighted by Gasteiger charge is -2.35. The number of carbonyl (C=O) groups excluding carboxylic acids is 3. The molecule has 4 rings (SSSR count). The minimum Gasteiger partial charge on any atom is -0.396 e. The van der Waals surface area contributed by atoms with Gasteiger partial charge in [0.2, 0.25) is 17.7 Å². The number of benzene rings is 1. The number of alkyl halides is 1. The Morgan fingerprint density at radius 3 is 2.68 bits per heavy atom. The van der Waals surface area contributed by atoms with Crippen LogP contribution in [0, 0.1) is 18.8 Å². The molecule has 1 spiro atoms. The zero-order valence-electron chi connectivity index (χ0n) is 19.4. The Kier molecular flexibility index (Phi) is 7.86. The SMILES string of the molecule is CNC(=O)[C@H]1[C@@H]2SC3(CC2Br)C(C(=O)Nc2c(C)cccc2Cl)N(CCCCCCO)C(=O)[C@H]13. The minimum atomic E-state index is -0.691. The molecule has 1 aromatic rings. The number of likely N-dealkylation sites (tertiary alicyclic amines) is 1. The van der Waals surface area contributed by atoms with Crippen LogP contribution in [0.5, 0.6) is 0 Å². The highest BCUT2D eigenvalue weighted by Gasteiger charge is 2.75. The van der Waals surface area contributed by atoms with Gasteiger partial charge < -0.3 is 20.6 Å². The van der Waals surface area contributed by atoms with Crippen molar-refractivity contribution in [3.05, 3.63) is 28.8 Å². The first-order valence-electron chi connectivity index (χ1n) is 11.8. The number of carbonyl (C=O) groups is 3. The number of nitrogens with zero attached hydrogens (tertiary/aromatic N) is 1. The lowest BCUT2D eigenvalue weighted by Crippen LogP contribution is -2.53. The van der Waals surface area contributed by atoms with E-state index in [1.54, 1.807) is 29.8 Å². The summed E-state index contributed by atoms with van der Waals surface area (Å²) < 4.78 is -0.669. The second-order valence-corrected chi connectivity index (χ2v) is 12.5. The third kappa shape index (κ3) is 4.27. The molecule has 3 heterocycles. The number of amides is 3. The molecule has 6 atom stereocenters. The van der Waals surface area contributed by atoms with Crippen LogP contribution >= 0.6 is 39.3 Å². The molecule has 0 saturated carbocycles. The summed E-state index contributed by atoms with van der Waals surface area (Å²) in [5.74, 6) is -1.52. The van der Waals surface area contributed by atoms with E-state index in [1.807, 2.05) is 19.1 Å². The van der Waals surface area contributed by atoms with Gasteiger partial charge in [0, 0.05) is 30.3 Å². The van der Waals surface area contributed by atoms with Gasteiger partial charge in [0.25, 0.3) is 0 Å². The van der Waals surface area contributed by atoms with Crippen LogP contribution in [0.3, 0.4) is 0 Å². The van der Waals surface area contributed by atoms with Crippen molar-refractivity contribution in [2.45, 2.75) is 59.9 Å². The van der Waals surface area contributed by atoms with Crippen molar-refractivity contribution in [3.63, 3.8) is 0 Å². The zero-order valence-corrected chi connectivity index (χ0v) is 22.5. The maximum absolute atomic E-state index is 13.9. The molecule has 3 aliphatic heterocycles. The molecule has 7 nitrogen and oxygen atoms in total. The van der Waals surface area contributed by atoms with E-state index in [1.165, 1.54) is 0 Å². The third-order valence-corrected chi connectivity index (χ3v) is 10.9. The van der Waals surface area contributed by atoms with Crippen molar-refractivity contribution < 1.29 is 19.5 Å². The number of hydrogen-bond acceptors (Lipinski definition) is 5. The van der Waals surface area contributed by atoms with Crippen molar-refractivity contribution in [2.24, 2.45) is 11.8 Å². The van der Waals surface area contributed by atoms with E-state index in [4.69, 9.17) is 16.7 Å². The number of aliphatic hydroxyl groups excluding tert-OH is 1. The van der Waals surface area contributed by atoms with Crippen LogP contribution in [0.1, 0.15) is 37.7 Å². The molecule has 1 aromatic carbocycles. The molecule has 3 unspecified atom stereocenters. The topological polar surface area (TPSA) is 98.7 Å². The molecular weight excluding hydrogens is 542 g/mol. The minimum absolute atomic E-state index is 0.0469. The molecule has 3 saturated heterocycles. The fraction of sp³-hybridized carbons (Fsp3) is 0.625. The summed E-state index contributed by atoms with van der Waals surface area (Å²) in [6.07, 6.45) is 3.82. The second kappa shape index (κ2) is 10.4. The van der Waals surface area contributed by atoms with Crippen LogP contribution in [-0.2, 0) is 14.4 Å². The lowest BCUT2D eigenvalue weighted by atomic mass is 9.70. The highest BCUT2D eigenvalue weighted by Crippen LogP contribution is 2.67. The van der Waals surface area contributed by atoms with Crippen molar-refractivity contribution in [1.29, 1.82) is 0 Å². The van der Waals surface area contributed by atoms with Gasteiger partial charge in [-0.2, -0.15) is 0 Å². The summed E-state index contributed by atoms with van der Waals surface area (Å²) in [4.78, 5) is 42.3. The molecule has 10 heteroatoms. The van der Waals surface area contributed by atoms with E-state index < -0.39 is 22.6 Å². The first-order valence-corrected chi connectivity index (χ1v) is 13.9. The van der Waals surface area contributed by atoms with Gasteiger partial charge in [0.1, 0.15) is 6.04 Å². The number of rotatable bonds is 9. The number of aryl methyl sites for hydroxylation is 1. The Bertz CT molecular complexity index is 961. The summed E-state index contributed by atoms with van der Waals surface area (Å²) >= 11 is 11.8. The fourth-order valence-corrected chi connectivity index (χ4v) is 9.75. The van der Waals surface area contributed by atoms with Gasteiger partial charge in [0.15, 0.2) is 0 Å². The number of para-hydroxylation sites is 1. The van der Waals surface area contributed by atoms with E-state index >= 15 is 0 Å². The smallest absolute Gasteiger partial charge is 0.248 e. The van der Waals surface area contributed by atoms with Crippen LogP contribution < -0.4 is 10.6 Å². The van der Waals surface area contributed by atoms with Gasteiger partial charge in [-0.25, -0.2) is 0 Å². The van der Waals surface area contributed by atoms with Crippen LogP contribution in [0.15, 0.2) is 18.2 Å². The maximum atomic E-state index is 13.9. The fourth-order valence-electron chi connectivity index (χ4n) is 5.87. The molecule has 3 aliphatic rings. The van der Waals surface area contributed by atoms with Gasteiger partial charge in [-0.05, 0) is 37.8 Å². The molecule has 2 bridgehead atoms. The molecule has 0 aliphatic carbocycles. The predicted molar refractivity (Wildman–Crippen MR) is 138 cm³/mol. The van der Waals surface area contributed by atoms with Gasteiger partial charge in [-0.3, -0.25) is 14.4 Å². The van der Waals surface area contributed by atoms with E-state index in [0.29, 0.717) is 23.7 Å². The standard InChI is InChI=1S/C24H31BrClN3O4S/c1-13-8-7-9-15(26)18(13)28-22(32)20-24-12-14(25)19(34-24)16(21(31)27-2)17(24)23(33)29(20)10-5-3-4-6-11-30/h7-9,14,16-17,19-20,30H,3-6,10-12H2,1-2H3,(H,27,31)(H,28,32)/t14?,16-,17+,19-,20?,24?/m1/s1. The molecule has 34 heavy (non-hydrogen) atoms. The Morgan fingerprint density at radius 1 is 1.26 bits per heavy atom. The van der Waals surface area contributed by atoms with Crippen LogP contribution in [0.4, 0.5) is 5.69 Å². The Hall–Kier alpha value is -1.29. The second-order valence-electron chi connectivity index (χ2n) is 9.37. The third-order valence-electron chi connectivity index (χ3n) is 7.36. The summed E-state index contributed by atoms with van der Waals surface area (Å²) in [6, 6.07) is 4.75. The molecule has 0 aromatic heterocycles. The number of fused-ring (bicyclic) bond motifs is 1. The monoisotopic (exact) mass is 571 g/mol. The Balaban J connectivity index is 1.67. The summed E-state index contributed by atoms with van der Waals surface area (Å²) in [5, 5.41) is 15.2. The molecule has 3 N–H and O–H groups in total. The number of hydrogen-bond donors (Lipinski definition) is 3. The van der Waals surface area contributed by atoms with Gasteiger partial charge in [0.05, 0.1) is 27.3 Å². The summed E-state index contributed by atoms with van der Waals surface area (Å²) in [7, 11) is 1.59. The predicted octanol–water partition coefficient (Wildman–Crippen LogP) is 3.35. The molecule has 3 fully saturated rings. The Morgan fingerprint density at radius 2 is 2.00 bits per heavy atom. The van der Waals surface area contributed by atoms with Gasteiger partial charge in [-0.15, -0.1) is 11.8 Å². The molecule has 0 radical (unpaired) electrons. The number of nitrogens with one attached hydrogen (secondary N) is 2. The van der Waals surface area contributed by atoms with Gasteiger partial charge in [-0.1, -0.05) is 52.5 Å². The van der Waals surface area contributed by atoms with Crippen molar-refractivity contribution in [3.8, 4) is 0 Å².